The largest absolute Gasteiger partial charge is 0.380 e. The Morgan fingerprint density at radius 2 is 1.95 bits per heavy atom. The molecule has 0 saturated heterocycles. The predicted octanol–water partition coefficient (Wildman–Crippen LogP) is 3.24. The average molecular weight is 380 g/mol. The zero-order valence-corrected chi connectivity index (χ0v) is 15.0. The lowest BCUT2D eigenvalue weighted by molar-refractivity contribution is -0.117. The van der Waals surface area contributed by atoms with Crippen LogP contribution in [0.15, 0.2) is 28.7 Å². The summed E-state index contributed by atoms with van der Waals surface area (Å²) in [6.45, 7) is 4.35. The van der Waals surface area contributed by atoms with Gasteiger partial charge in [0.05, 0.1) is 13.2 Å². The van der Waals surface area contributed by atoms with Gasteiger partial charge in [-0.15, -0.1) is 12.4 Å². The summed E-state index contributed by atoms with van der Waals surface area (Å²) in [7, 11) is 1.77. The van der Waals surface area contributed by atoms with Gasteiger partial charge in [0.25, 0.3) is 0 Å². The summed E-state index contributed by atoms with van der Waals surface area (Å²) in [6, 6.07) is 7.74. The topological polar surface area (TPSA) is 41.6 Å². The Morgan fingerprint density at radius 3 is 2.52 bits per heavy atom. The van der Waals surface area contributed by atoms with E-state index in [1.165, 1.54) is 0 Å². The van der Waals surface area contributed by atoms with Crippen LogP contribution in [0.3, 0.4) is 0 Å². The molecule has 0 aliphatic heterocycles. The number of hydrogen-bond acceptors (Lipinski definition) is 3. The number of hydrogen-bond donors (Lipinski definition) is 1. The molecule has 0 aliphatic carbocycles. The third-order valence-electron chi connectivity index (χ3n) is 2.87. The van der Waals surface area contributed by atoms with Crippen molar-refractivity contribution >= 4 is 39.9 Å². The molecule has 0 heterocycles. The molecular weight excluding hydrogens is 356 g/mol. The Kier molecular flexibility index (Phi) is 11.6. The van der Waals surface area contributed by atoms with Crippen molar-refractivity contribution in [3.8, 4) is 0 Å². The average Bonchev–Trinajstić information content (AvgIpc) is 2.44. The van der Waals surface area contributed by atoms with E-state index in [9.17, 15) is 4.79 Å². The maximum Gasteiger partial charge on any atom is 0.241 e. The van der Waals surface area contributed by atoms with Crippen molar-refractivity contribution in [2.75, 3.05) is 38.3 Å². The van der Waals surface area contributed by atoms with Gasteiger partial charge >= 0.3 is 0 Å². The lowest BCUT2D eigenvalue weighted by atomic mass is 10.3. The summed E-state index contributed by atoms with van der Waals surface area (Å²) in [6.07, 6.45) is 2.18. The Hall–Kier alpha value is -0.620. The van der Waals surface area contributed by atoms with E-state index in [1.807, 2.05) is 24.3 Å². The highest BCUT2D eigenvalue weighted by molar-refractivity contribution is 9.10. The molecule has 0 bridgehead atoms. The number of unbranched alkanes of at least 4 members (excludes halogenated alkanes) is 1. The molecule has 0 atom stereocenters. The summed E-state index contributed by atoms with van der Waals surface area (Å²) in [4.78, 5) is 13.9. The maximum atomic E-state index is 12.1. The summed E-state index contributed by atoms with van der Waals surface area (Å²) in [5, 5.41) is 2.90. The molecule has 0 aromatic heterocycles. The fraction of sp³-hybridized carbons (Fsp3) is 0.533. The number of halogens is 2. The van der Waals surface area contributed by atoms with Crippen LogP contribution in [0.25, 0.3) is 0 Å². The van der Waals surface area contributed by atoms with Crippen molar-refractivity contribution in [2.24, 2.45) is 0 Å². The standard InChI is InChI=1S/C15H23BrN2O2.ClH/c1-3-4-10-20-11-9-18(15(19)12-17-2)14-7-5-13(16)6-8-14;/h5-8,17H,3-4,9-12H2,1-2H3;1H. The Labute approximate surface area is 141 Å². The molecule has 0 fully saturated rings. The SMILES string of the molecule is CCCCOCCN(C(=O)CNC)c1ccc(Br)cc1.Cl. The van der Waals surface area contributed by atoms with E-state index >= 15 is 0 Å². The van der Waals surface area contributed by atoms with Gasteiger partial charge in [0.15, 0.2) is 0 Å². The first kappa shape index (κ1) is 20.4. The van der Waals surface area contributed by atoms with Crippen LogP contribution in [0.1, 0.15) is 19.8 Å². The predicted molar refractivity (Wildman–Crippen MR) is 93.4 cm³/mol. The van der Waals surface area contributed by atoms with Gasteiger partial charge in [0.1, 0.15) is 0 Å². The van der Waals surface area contributed by atoms with E-state index in [-0.39, 0.29) is 18.3 Å². The first-order valence-corrected chi connectivity index (χ1v) is 7.76. The first-order chi connectivity index (χ1) is 9.69. The Morgan fingerprint density at radius 1 is 1.29 bits per heavy atom. The van der Waals surface area contributed by atoms with E-state index in [0.717, 1.165) is 29.6 Å². The molecule has 1 aromatic rings. The second kappa shape index (κ2) is 12.0. The molecule has 120 valence electrons. The van der Waals surface area contributed by atoms with Gasteiger partial charge in [0.2, 0.25) is 5.91 Å². The van der Waals surface area contributed by atoms with E-state index < -0.39 is 0 Å². The monoisotopic (exact) mass is 378 g/mol. The molecule has 1 rings (SSSR count). The minimum atomic E-state index is 0. The van der Waals surface area contributed by atoms with Crippen molar-refractivity contribution in [1.29, 1.82) is 0 Å². The molecule has 4 nitrogen and oxygen atoms in total. The van der Waals surface area contributed by atoms with Crippen LogP contribution in [0, 0.1) is 0 Å². The van der Waals surface area contributed by atoms with E-state index in [1.54, 1.807) is 11.9 Å². The zero-order valence-electron chi connectivity index (χ0n) is 12.6. The smallest absolute Gasteiger partial charge is 0.241 e. The number of nitrogens with one attached hydrogen (secondary N) is 1. The number of carbonyl (C=O) groups is 1. The number of anilines is 1. The third kappa shape index (κ3) is 7.81. The molecular formula is C15H24BrClN2O2. The minimum Gasteiger partial charge on any atom is -0.380 e. The summed E-state index contributed by atoms with van der Waals surface area (Å²) in [5.74, 6) is 0.0499. The normalized spacial score (nSPS) is 10.0. The van der Waals surface area contributed by atoms with Crippen LogP contribution in [0.4, 0.5) is 5.69 Å². The highest BCUT2D eigenvalue weighted by atomic mass is 79.9. The summed E-state index contributed by atoms with van der Waals surface area (Å²) < 4.78 is 6.56. The van der Waals surface area contributed by atoms with Crippen LogP contribution in [-0.2, 0) is 9.53 Å². The molecule has 0 aliphatic rings. The number of rotatable bonds is 9. The van der Waals surface area contributed by atoms with Gasteiger partial charge < -0.3 is 15.0 Å². The van der Waals surface area contributed by atoms with Crippen LogP contribution >= 0.6 is 28.3 Å². The molecule has 1 N–H and O–H groups in total. The molecule has 0 radical (unpaired) electrons. The van der Waals surface area contributed by atoms with Gasteiger partial charge in [-0.1, -0.05) is 29.3 Å². The number of ether oxygens (including phenoxy) is 1. The molecule has 0 unspecified atom stereocenters. The number of carbonyl (C=O) groups excluding carboxylic acids is 1. The molecule has 1 aromatic carbocycles. The zero-order chi connectivity index (χ0) is 14.8. The van der Waals surface area contributed by atoms with E-state index in [0.29, 0.717) is 19.7 Å². The fourth-order valence-electron chi connectivity index (χ4n) is 1.77. The van der Waals surface area contributed by atoms with Gasteiger partial charge in [-0.3, -0.25) is 4.79 Å². The summed E-state index contributed by atoms with van der Waals surface area (Å²) in [5.41, 5.74) is 0.896. The van der Waals surface area contributed by atoms with Crippen molar-refractivity contribution in [3.63, 3.8) is 0 Å². The van der Waals surface area contributed by atoms with Crippen molar-refractivity contribution in [2.45, 2.75) is 19.8 Å². The van der Waals surface area contributed by atoms with Gasteiger partial charge in [-0.2, -0.15) is 0 Å². The van der Waals surface area contributed by atoms with Crippen LogP contribution in [-0.4, -0.2) is 39.3 Å². The van der Waals surface area contributed by atoms with Gasteiger partial charge in [-0.05, 0) is 37.7 Å². The number of likely N-dealkylation sites (N-methyl/N-ethyl adjacent to an activating group) is 1. The highest BCUT2D eigenvalue weighted by Crippen LogP contribution is 2.18. The third-order valence-corrected chi connectivity index (χ3v) is 3.40. The molecule has 6 heteroatoms. The van der Waals surface area contributed by atoms with Gasteiger partial charge in [-0.25, -0.2) is 0 Å². The Balaban J connectivity index is 0.00000400. The molecule has 0 saturated carbocycles. The van der Waals surface area contributed by atoms with Gasteiger partial charge in [0, 0.05) is 23.3 Å². The van der Waals surface area contributed by atoms with Crippen LogP contribution in [0.2, 0.25) is 0 Å². The minimum absolute atomic E-state index is 0. The Bertz CT molecular complexity index is 401. The molecule has 0 spiro atoms. The van der Waals surface area contributed by atoms with Crippen molar-refractivity contribution < 1.29 is 9.53 Å². The maximum absolute atomic E-state index is 12.1. The number of benzene rings is 1. The van der Waals surface area contributed by atoms with Crippen molar-refractivity contribution in [1.82, 2.24) is 5.32 Å². The van der Waals surface area contributed by atoms with Crippen LogP contribution < -0.4 is 10.2 Å². The number of nitrogens with zero attached hydrogens (tertiary/aromatic N) is 1. The number of amides is 1. The lowest BCUT2D eigenvalue weighted by Gasteiger charge is -2.23. The fourth-order valence-corrected chi connectivity index (χ4v) is 2.03. The molecule has 1 amide bonds. The van der Waals surface area contributed by atoms with Crippen LogP contribution in [0.5, 0.6) is 0 Å². The second-order valence-electron chi connectivity index (χ2n) is 4.52. The van der Waals surface area contributed by atoms with E-state index in [2.05, 4.69) is 28.2 Å². The van der Waals surface area contributed by atoms with Crippen molar-refractivity contribution in [3.05, 3.63) is 28.7 Å². The quantitative estimate of drug-likeness (QED) is 0.670. The van der Waals surface area contributed by atoms with E-state index in [4.69, 9.17) is 4.74 Å². The highest BCUT2D eigenvalue weighted by Gasteiger charge is 2.14. The summed E-state index contributed by atoms with van der Waals surface area (Å²) >= 11 is 3.40. The first-order valence-electron chi connectivity index (χ1n) is 6.97. The lowest BCUT2D eigenvalue weighted by Crippen LogP contribution is -2.39. The molecule has 21 heavy (non-hydrogen) atoms. The second-order valence-corrected chi connectivity index (χ2v) is 5.43.